The van der Waals surface area contributed by atoms with Crippen molar-refractivity contribution >= 4 is 11.0 Å². The highest BCUT2D eigenvalue weighted by Crippen LogP contribution is 2.21. The zero-order chi connectivity index (χ0) is 12.3. The molecule has 1 aromatic heterocycles. The van der Waals surface area contributed by atoms with Gasteiger partial charge in [-0.15, -0.1) is 0 Å². The van der Waals surface area contributed by atoms with Gasteiger partial charge in [0.05, 0.1) is 11.0 Å². The number of aromatic nitrogens is 2. The quantitative estimate of drug-likeness (QED) is 0.742. The molecule has 3 N–H and O–H groups in total. The molecule has 2 aromatic rings. The maximum atomic E-state index is 11.2. The maximum Gasteiger partial charge on any atom is 0.323 e. The minimum absolute atomic E-state index is 0.147. The molecule has 0 saturated heterocycles. The number of fused-ring (bicyclic) bond motifs is 1. The lowest BCUT2D eigenvalue weighted by molar-refractivity contribution is 0.523. The number of benzene rings is 1. The van der Waals surface area contributed by atoms with Crippen LogP contribution in [-0.2, 0) is 0 Å². The summed E-state index contributed by atoms with van der Waals surface area (Å²) in [4.78, 5) is 16.7. The Morgan fingerprint density at radius 1 is 1.29 bits per heavy atom. The minimum atomic E-state index is -0.147. The Bertz CT molecular complexity index is 541. The van der Waals surface area contributed by atoms with Crippen molar-refractivity contribution in [2.45, 2.75) is 32.2 Å². The number of hydrogen-bond donors (Lipinski definition) is 3. The van der Waals surface area contributed by atoms with E-state index in [4.69, 9.17) is 0 Å². The van der Waals surface area contributed by atoms with Crippen LogP contribution in [0.25, 0.3) is 11.0 Å². The van der Waals surface area contributed by atoms with Gasteiger partial charge in [-0.05, 0) is 31.2 Å². The molecule has 92 valence electrons. The molecule has 0 amide bonds. The van der Waals surface area contributed by atoms with Gasteiger partial charge in [0, 0.05) is 6.04 Å². The Morgan fingerprint density at radius 3 is 2.76 bits per heavy atom. The summed E-state index contributed by atoms with van der Waals surface area (Å²) in [5.41, 5.74) is 2.82. The van der Waals surface area contributed by atoms with Gasteiger partial charge in [-0.1, -0.05) is 25.8 Å². The van der Waals surface area contributed by atoms with E-state index in [-0.39, 0.29) is 5.69 Å². The zero-order valence-electron chi connectivity index (χ0n) is 10.3. The van der Waals surface area contributed by atoms with E-state index in [1.807, 2.05) is 19.2 Å². The van der Waals surface area contributed by atoms with Crippen LogP contribution in [0.2, 0.25) is 0 Å². The van der Waals surface area contributed by atoms with Gasteiger partial charge >= 0.3 is 5.69 Å². The number of H-pyrrole nitrogens is 2. The topological polar surface area (TPSA) is 60.7 Å². The molecular weight excluding hydrogens is 214 g/mol. The molecule has 0 saturated carbocycles. The number of imidazole rings is 1. The van der Waals surface area contributed by atoms with Crippen LogP contribution >= 0.6 is 0 Å². The van der Waals surface area contributed by atoms with Crippen molar-refractivity contribution in [2.24, 2.45) is 0 Å². The second-order valence-electron chi connectivity index (χ2n) is 4.37. The van der Waals surface area contributed by atoms with Crippen LogP contribution in [0.4, 0.5) is 0 Å². The van der Waals surface area contributed by atoms with Crippen molar-refractivity contribution < 1.29 is 0 Å². The Balaban J connectivity index is 2.30. The first-order valence-electron chi connectivity index (χ1n) is 6.13. The van der Waals surface area contributed by atoms with Crippen LogP contribution in [0.3, 0.4) is 0 Å². The Hall–Kier alpha value is -1.55. The number of aromatic amines is 2. The average Bonchev–Trinajstić information content (AvgIpc) is 2.69. The van der Waals surface area contributed by atoms with Crippen molar-refractivity contribution in [3.8, 4) is 0 Å². The fraction of sp³-hybridized carbons (Fsp3) is 0.462. The molecule has 0 aliphatic rings. The first-order chi connectivity index (χ1) is 8.24. The van der Waals surface area contributed by atoms with Gasteiger partial charge in [0.15, 0.2) is 0 Å². The molecule has 1 heterocycles. The normalized spacial score (nSPS) is 13.1. The molecule has 1 atom stereocenters. The van der Waals surface area contributed by atoms with Crippen LogP contribution in [0.5, 0.6) is 0 Å². The van der Waals surface area contributed by atoms with Crippen LogP contribution < -0.4 is 11.0 Å². The molecule has 0 radical (unpaired) electrons. The van der Waals surface area contributed by atoms with E-state index < -0.39 is 0 Å². The fourth-order valence-corrected chi connectivity index (χ4v) is 2.15. The number of hydrogen-bond acceptors (Lipinski definition) is 2. The molecule has 2 rings (SSSR count). The predicted molar refractivity (Wildman–Crippen MR) is 70.2 cm³/mol. The molecule has 1 aromatic carbocycles. The Morgan fingerprint density at radius 2 is 2.06 bits per heavy atom. The molecular formula is C13H19N3O. The second-order valence-corrected chi connectivity index (χ2v) is 4.37. The predicted octanol–water partition coefficient (Wildman–Crippen LogP) is 2.31. The highest BCUT2D eigenvalue weighted by atomic mass is 16.1. The second kappa shape index (κ2) is 5.19. The van der Waals surface area contributed by atoms with Crippen LogP contribution in [0, 0.1) is 0 Å². The van der Waals surface area contributed by atoms with Crippen molar-refractivity contribution in [3.63, 3.8) is 0 Å². The highest BCUT2D eigenvalue weighted by molar-refractivity contribution is 5.75. The Labute approximate surface area is 100 Å². The minimum Gasteiger partial charge on any atom is -0.313 e. The molecule has 0 fully saturated rings. The number of rotatable bonds is 5. The summed E-state index contributed by atoms with van der Waals surface area (Å²) in [7, 11) is 1.98. The highest BCUT2D eigenvalue weighted by Gasteiger charge is 2.09. The van der Waals surface area contributed by atoms with Gasteiger partial charge in [-0.25, -0.2) is 4.79 Å². The van der Waals surface area contributed by atoms with Crippen molar-refractivity contribution in [1.29, 1.82) is 0 Å². The average molecular weight is 233 g/mol. The molecule has 0 aliphatic carbocycles. The van der Waals surface area contributed by atoms with Crippen molar-refractivity contribution in [1.82, 2.24) is 15.3 Å². The van der Waals surface area contributed by atoms with E-state index >= 15 is 0 Å². The summed E-state index contributed by atoms with van der Waals surface area (Å²) < 4.78 is 0. The SMILES string of the molecule is CCCCC(NC)c1ccc2[nH]c(=O)[nH]c2c1. The summed E-state index contributed by atoms with van der Waals surface area (Å²) in [6, 6.07) is 6.43. The third kappa shape index (κ3) is 2.58. The molecule has 4 heteroatoms. The van der Waals surface area contributed by atoms with E-state index in [0.29, 0.717) is 6.04 Å². The lowest BCUT2D eigenvalue weighted by Gasteiger charge is -2.16. The van der Waals surface area contributed by atoms with Crippen LogP contribution in [0.15, 0.2) is 23.0 Å². The summed E-state index contributed by atoms with van der Waals surface area (Å²) in [5, 5.41) is 3.32. The molecule has 17 heavy (non-hydrogen) atoms. The largest absolute Gasteiger partial charge is 0.323 e. The third-order valence-corrected chi connectivity index (χ3v) is 3.14. The maximum absolute atomic E-state index is 11.2. The van der Waals surface area contributed by atoms with Gasteiger partial charge in [-0.2, -0.15) is 0 Å². The number of unbranched alkanes of at least 4 members (excludes halogenated alkanes) is 1. The number of nitrogens with one attached hydrogen (secondary N) is 3. The fourth-order valence-electron chi connectivity index (χ4n) is 2.15. The molecule has 0 bridgehead atoms. The van der Waals surface area contributed by atoms with E-state index in [1.165, 1.54) is 18.4 Å². The van der Waals surface area contributed by atoms with Crippen LogP contribution in [0.1, 0.15) is 37.8 Å². The zero-order valence-corrected chi connectivity index (χ0v) is 10.3. The third-order valence-electron chi connectivity index (χ3n) is 3.14. The molecule has 4 nitrogen and oxygen atoms in total. The van der Waals surface area contributed by atoms with Gasteiger partial charge in [0.2, 0.25) is 0 Å². The standard InChI is InChI=1S/C13H19N3O/c1-3-4-5-10(14-2)9-6-7-11-12(8-9)16-13(17)15-11/h6-8,10,14H,3-5H2,1-2H3,(H2,15,16,17). The Kier molecular flexibility index (Phi) is 3.64. The summed E-state index contributed by atoms with van der Waals surface area (Å²) in [5.74, 6) is 0. The summed E-state index contributed by atoms with van der Waals surface area (Å²) in [6.45, 7) is 2.19. The van der Waals surface area contributed by atoms with Crippen molar-refractivity contribution in [2.75, 3.05) is 7.05 Å². The molecule has 0 aliphatic heterocycles. The monoisotopic (exact) mass is 233 g/mol. The van der Waals surface area contributed by atoms with E-state index in [0.717, 1.165) is 17.5 Å². The smallest absolute Gasteiger partial charge is 0.313 e. The lowest BCUT2D eigenvalue weighted by atomic mass is 10.0. The molecule has 0 spiro atoms. The van der Waals surface area contributed by atoms with E-state index in [9.17, 15) is 4.79 Å². The summed E-state index contributed by atoms with van der Waals surface area (Å²) >= 11 is 0. The van der Waals surface area contributed by atoms with Crippen LogP contribution in [-0.4, -0.2) is 17.0 Å². The molecule has 1 unspecified atom stereocenters. The lowest BCUT2D eigenvalue weighted by Crippen LogP contribution is -2.16. The van der Waals surface area contributed by atoms with Gasteiger partial charge in [0.25, 0.3) is 0 Å². The first-order valence-corrected chi connectivity index (χ1v) is 6.13. The van der Waals surface area contributed by atoms with E-state index in [2.05, 4.69) is 28.3 Å². The van der Waals surface area contributed by atoms with Gasteiger partial charge < -0.3 is 15.3 Å². The van der Waals surface area contributed by atoms with E-state index in [1.54, 1.807) is 0 Å². The van der Waals surface area contributed by atoms with Gasteiger partial charge in [-0.3, -0.25) is 0 Å². The summed E-state index contributed by atoms with van der Waals surface area (Å²) in [6.07, 6.45) is 3.52. The first kappa shape index (κ1) is 11.9. The van der Waals surface area contributed by atoms with Crippen molar-refractivity contribution in [3.05, 3.63) is 34.2 Å². The van der Waals surface area contributed by atoms with Gasteiger partial charge in [0.1, 0.15) is 0 Å².